The topological polar surface area (TPSA) is 89.2 Å². The van der Waals surface area contributed by atoms with Crippen LogP contribution in [0.15, 0.2) is 6.07 Å². The summed E-state index contributed by atoms with van der Waals surface area (Å²) < 4.78 is 22.2. The van der Waals surface area contributed by atoms with Crippen molar-refractivity contribution >= 4 is 16.0 Å². The smallest absolute Gasteiger partial charge is 0.225 e. The van der Waals surface area contributed by atoms with E-state index >= 15 is 0 Å². The van der Waals surface area contributed by atoms with E-state index in [1.165, 1.54) is 0 Å². The van der Waals surface area contributed by atoms with Gasteiger partial charge in [-0.25, -0.2) is 23.5 Å². The van der Waals surface area contributed by atoms with Gasteiger partial charge in [0.1, 0.15) is 0 Å². The number of hydrogen-bond donors (Lipinski definition) is 1. The van der Waals surface area contributed by atoms with Crippen LogP contribution in [0.25, 0.3) is 0 Å². The maximum atomic E-state index is 11.1. The van der Waals surface area contributed by atoms with Gasteiger partial charge >= 0.3 is 0 Å². The molecule has 0 aromatic carbocycles. The molecule has 6 nitrogen and oxygen atoms in total. The van der Waals surface area contributed by atoms with Crippen molar-refractivity contribution < 1.29 is 8.42 Å². The number of aryl methyl sites for hydroxylation is 2. The van der Waals surface area contributed by atoms with Gasteiger partial charge in [-0.1, -0.05) is 0 Å². The first-order valence-corrected chi connectivity index (χ1v) is 8.13. The summed E-state index contributed by atoms with van der Waals surface area (Å²) in [6.07, 6.45) is 1.62. The van der Waals surface area contributed by atoms with Crippen molar-refractivity contribution in [1.82, 2.24) is 9.97 Å². The van der Waals surface area contributed by atoms with Crippen LogP contribution in [0.4, 0.5) is 5.95 Å². The normalized spacial score (nSPS) is 17.7. The minimum absolute atomic E-state index is 0.0779. The SMILES string of the molecule is Cc1cc(C)nc(N2CCC(CS(N)(=O)=O)CC2)n1. The van der Waals surface area contributed by atoms with Crippen LogP contribution < -0.4 is 10.0 Å². The molecule has 1 aromatic rings. The van der Waals surface area contributed by atoms with Crippen molar-refractivity contribution in [3.63, 3.8) is 0 Å². The lowest BCUT2D eigenvalue weighted by Crippen LogP contribution is -2.38. The minimum atomic E-state index is -3.37. The zero-order valence-corrected chi connectivity index (χ0v) is 12.2. The number of hydrogen-bond acceptors (Lipinski definition) is 5. The van der Waals surface area contributed by atoms with Crippen LogP contribution in [0.2, 0.25) is 0 Å². The van der Waals surface area contributed by atoms with Crippen molar-refractivity contribution in [2.45, 2.75) is 26.7 Å². The van der Waals surface area contributed by atoms with E-state index in [1.54, 1.807) is 0 Å². The molecule has 0 unspecified atom stereocenters. The number of anilines is 1. The van der Waals surface area contributed by atoms with E-state index in [0.717, 1.165) is 43.3 Å². The van der Waals surface area contributed by atoms with Crippen LogP contribution in [-0.2, 0) is 10.0 Å². The molecule has 1 saturated heterocycles. The molecule has 2 N–H and O–H groups in total. The first-order valence-electron chi connectivity index (χ1n) is 6.41. The molecule has 0 spiro atoms. The molecule has 19 heavy (non-hydrogen) atoms. The molecule has 0 atom stereocenters. The molecule has 7 heteroatoms. The largest absolute Gasteiger partial charge is 0.341 e. The molecule has 0 saturated carbocycles. The minimum Gasteiger partial charge on any atom is -0.341 e. The number of rotatable bonds is 3. The Morgan fingerprint density at radius 3 is 2.26 bits per heavy atom. The molecule has 0 aliphatic carbocycles. The molecular weight excluding hydrogens is 264 g/mol. The monoisotopic (exact) mass is 284 g/mol. The zero-order valence-electron chi connectivity index (χ0n) is 11.3. The van der Waals surface area contributed by atoms with Gasteiger partial charge < -0.3 is 4.90 Å². The number of aromatic nitrogens is 2. The van der Waals surface area contributed by atoms with E-state index in [2.05, 4.69) is 14.9 Å². The quantitative estimate of drug-likeness (QED) is 0.878. The Morgan fingerprint density at radius 2 is 1.79 bits per heavy atom. The third kappa shape index (κ3) is 4.14. The van der Waals surface area contributed by atoms with Crippen molar-refractivity contribution in [2.24, 2.45) is 11.1 Å². The van der Waals surface area contributed by atoms with E-state index in [1.807, 2.05) is 19.9 Å². The molecule has 0 amide bonds. The van der Waals surface area contributed by atoms with Gasteiger partial charge in [-0.05, 0) is 38.7 Å². The van der Waals surface area contributed by atoms with Gasteiger partial charge in [-0.15, -0.1) is 0 Å². The predicted molar refractivity (Wildman–Crippen MR) is 74.4 cm³/mol. The van der Waals surface area contributed by atoms with E-state index in [4.69, 9.17) is 5.14 Å². The fourth-order valence-electron chi connectivity index (χ4n) is 2.48. The number of nitrogens with zero attached hydrogens (tertiary/aromatic N) is 3. The van der Waals surface area contributed by atoms with E-state index in [-0.39, 0.29) is 11.7 Å². The van der Waals surface area contributed by atoms with Gasteiger partial charge in [-0.2, -0.15) is 0 Å². The molecule has 2 heterocycles. The second kappa shape index (κ2) is 5.42. The van der Waals surface area contributed by atoms with Gasteiger partial charge in [-0.3, -0.25) is 0 Å². The first kappa shape index (κ1) is 14.2. The van der Waals surface area contributed by atoms with E-state index in [0.29, 0.717) is 0 Å². The van der Waals surface area contributed by atoms with Crippen molar-refractivity contribution in [3.8, 4) is 0 Å². The Bertz CT molecular complexity index is 531. The van der Waals surface area contributed by atoms with Crippen LogP contribution >= 0.6 is 0 Å². The van der Waals surface area contributed by atoms with Crippen LogP contribution in [0.3, 0.4) is 0 Å². The second-order valence-electron chi connectivity index (χ2n) is 5.21. The summed E-state index contributed by atoms with van der Waals surface area (Å²) in [6.45, 7) is 5.46. The maximum Gasteiger partial charge on any atom is 0.225 e. The molecule has 0 bridgehead atoms. The highest BCUT2D eigenvalue weighted by molar-refractivity contribution is 7.89. The van der Waals surface area contributed by atoms with Crippen molar-refractivity contribution in [3.05, 3.63) is 17.5 Å². The lowest BCUT2D eigenvalue weighted by atomic mass is 9.99. The van der Waals surface area contributed by atoms with Crippen LogP contribution in [-0.4, -0.2) is 37.2 Å². The Morgan fingerprint density at radius 1 is 1.26 bits per heavy atom. The lowest BCUT2D eigenvalue weighted by Gasteiger charge is -2.31. The number of nitrogens with two attached hydrogens (primary N) is 1. The number of sulfonamides is 1. The molecule has 1 aromatic heterocycles. The molecule has 106 valence electrons. The van der Waals surface area contributed by atoms with Gasteiger partial charge in [0.05, 0.1) is 5.75 Å². The van der Waals surface area contributed by atoms with Crippen LogP contribution in [0.1, 0.15) is 24.2 Å². The fraction of sp³-hybridized carbons (Fsp3) is 0.667. The van der Waals surface area contributed by atoms with E-state index in [9.17, 15) is 8.42 Å². The zero-order chi connectivity index (χ0) is 14.0. The molecule has 1 fully saturated rings. The summed E-state index contributed by atoms with van der Waals surface area (Å²) in [7, 11) is -3.37. The Labute approximate surface area is 114 Å². The summed E-state index contributed by atoms with van der Waals surface area (Å²) in [5, 5.41) is 5.09. The maximum absolute atomic E-state index is 11.1. The summed E-state index contributed by atoms with van der Waals surface area (Å²) in [4.78, 5) is 11.0. The summed E-state index contributed by atoms with van der Waals surface area (Å²) >= 11 is 0. The second-order valence-corrected chi connectivity index (χ2v) is 6.87. The van der Waals surface area contributed by atoms with Gasteiger partial charge in [0, 0.05) is 24.5 Å². The Hall–Kier alpha value is -1.21. The molecular formula is C12H20N4O2S. The highest BCUT2D eigenvalue weighted by Crippen LogP contribution is 2.21. The first-order chi connectivity index (χ1) is 8.83. The van der Waals surface area contributed by atoms with Crippen LogP contribution in [0.5, 0.6) is 0 Å². The average Bonchev–Trinajstić information content (AvgIpc) is 2.26. The molecule has 1 aliphatic rings. The van der Waals surface area contributed by atoms with E-state index < -0.39 is 10.0 Å². The van der Waals surface area contributed by atoms with Gasteiger partial charge in [0.2, 0.25) is 16.0 Å². The standard InChI is InChI=1S/C12H20N4O2S/c1-9-7-10(2)15-12(14-9)16-5-3-11(4-6-16)8-19(13,17)18/h7,11H,3-6,8H2,1-2H3,(H2,13,17,18). The average molecular weight is 284 g/mol. The lowest BCUT2D eigenvalue weighted by molar-refractivity contribution is 0.432. The Balaban J connectivity index is 2.00. The highest BCUT2D eigenvalue weighted by Gasteiger charge is 2.24. The van der Waals surface area contributed by atoms with Crippen molar-refractivity contribution in [1.29, 1.82) is 0 Å². The molecule has 0 radical (unpaired) electrons. The third-order valence-corrected chi connectivity index (χ3v) is 4.27. The van der Waals surface area contributed by atoms with Gasteiger partial charge in [0.25, 0.3) is 0 Å². The van der Waals surface area contributed by atoms with Gasteiger partial charge in [0.15, 0.2) is 0 Å². The summed E-state index contributed by atoms with van der Waals surface area (Å²) in [5.41, 5.74) is 1.91. The summed E-state index contributed by atoms with van der Waals surface area (Å²) in [6, 6.07) is 1.94. The fourth-order valence-corrected chi connectivity index (χ4v) is 3.47. The van der Waals surface area contributed by atoms with Crippen molar-refractivity contribution in [2.75, 3.05) is 23.7 Å². The summed E-state index contributed by atoms with van der Waals surface area (Å²) in [5.74, 6) is 0.970. The Kier molecular flexibility index (Phi) is 4.05. The molecule has 1 aliphatic heterocycles. The van der Waals surface area contributed by atoms with Crippen LogP contribution in [0, 0.1) is 19.8 Å². The molecule has 2 rings (SSSR count). The highest BCUT2D eigenvalue weighted by atomic mass is 32.2. The predicted octanol–water partition coefficient (Wildman–Crippen LogP) is 0.598. The number of primary sulfonamides is 1. The third-order valence-electron chi connectivity index (χ3n) is 3.34. The number of piperidine rings is 1.